The van der Waals surface area contributed by atoms with Gasteiger partial charge in [0.05, 0.1) is 12.7 Å². The van der Waals surface area contributed by atoms with Gasteiger partial charge >= 0.3 is 6.09 Å². The highest BCUT2D eigenvalue weighted by Crippen LogP contribution is 2.15. The summed E-state index contributed by atoms with van der Waals surface area (Å²) in [5, 5.41) is 0. The van der Waals surface area contributed by atoms with Gasteiger partial charge in [-0.3, -0.25) is 9.69 Å². The number of ether oxygens (including phenoxy) is 2. The van der Waals surface area contributed by atoms with E-state index in [9.17, 15) is 9.59 Å². The Morgan fingerprint density at radius 1 is 1.44 bits per heavy atom. The van der Waals surface area contributed by atoms with Crippen molar-refractivity contribution in [2.75, 3.05) is 32.8 Å². The number of carbonyl (C=O) groups is 2. The summed E-state index contributed by atoms with van der Waals surface area (Å²) < 4.78 is 10.3. The van der Waals surface area contributed by atoms with Crippen LogP contribution in [0.4, 0.5) is 4.79 Å². The normalized spacial score (nSPS) is 24.2. The van der Waals surface area contributed by atoms with Gasteiger partial charge in [-0.25, -0.2) is 4.79 Å². The Bertz CT molecular complexity index is 346. The molecule has 2 aliphatic heterocycles. The highest BCUT2D eigenvalue weighted by molar-refractivity contribution is 5.83. The molecular formula is C12H20N2O4. The Labute approximate surface area is 107 Å². The molecule has 1 unspecified atom stereocenters. The predicted molar refractivity (Wildman–Crippen MR) is 64.1 cm³/mol. The molecule has 0 aliphatic carbocycles. The van der Waals surface area contributed by atoms with Crippen LogP contribution in [-0.2, 0) is 14.3 Å². The fourth-order valence-electron chi connectivity index (χ4n) is 1.80. The lowest BCUT2D eigenvalue weighted by Gasteiger charge is -2.34. The third kappa shape index (κ3) is 3.60. The van der Waals surface area contributed by atoms with Gasteiger partial charge in [0.1, 0.15) is 12.1 Å². The molecule has 18 heavy (non-hydrogen) atoms. The first kappa shape index (κ1) is 13.1. The molecule has 2 aliphatic rings. The zero-order chi connectivity index (χ0) is 13.3. The summed E-state index contributed by atoms with van der Waals surface area (Å²) in [5.74, 6) is -0.0393. The van der Waals surface area contributed by atoms with Crippen LogP contribution in [-0.4, -0.2) is 66.3 Å². The third-order valence-corrected chi connectivity index (χ3v) is 2.80. The van der Waals surface area contributed by atoms with Crippen LogP contribution in [0.15, 0.2) is 0 Å². The Kier molecular flexibility index (Phi) is 3.47. The van der Waals surface area contributed by atoms with E-state index >= 15 is 0 Å². The molecule has 2 heterocycles. The van der Waals surface area contributed by atoms with Crippen LogP contribution in [0.5, 0.6) is 0 Å². The third-order valence-electron chi connectivity index (χ3n) is 2.80. The van der Waals surface area contributed by atoms with Crippen LogP contribution in [0.1, 0.15) is 20.8 Å². The van der Waals surface area contributed by atoms with E-state index < -0.39 is 11.7 Å². The quantitative estimate of drug-likeness (QED) is 0.674. The highest BCUT2D eigenvalue weighted by Gasteiger charge is 2.33. The summed E-state index contributed by atoms with van der Waals surface area (Å²) in [6.07, 6.45) is -0.222. The van der Waals surface area contributed by atoms with Gasteiger partial charge in [0.25, 0.3) is 0 Å². The molecule has 102 valence electrons. The van der Waals surface area contributed by atoms with E-state index in [-0.39, 0.29) is 18.6 Å². The Morgan fingerprint density at radius 2 is 2.11 bits per heavy atom. The van der Waals surface area contributed by atoms with Crippen LogP contribution in [0.2, 0.25) is 0 Å². The SMILES string of the molecule is CC(C)(C)OC(=O)N1CCN(CC2CO2)C(=O)C1. The van der Waals surface area contributed by atoms with Gasteiger partial charge < -0.3 is 14.4 Å². The lowest BCUT2D eigenvalue weighted by molar-refractivity contribution is -0.136. The van der Waals surface area contributed by atoms with Crippen LogP contribution in [0.3, 0.4) is 0 Å². The molecule has 2 saturated heterocycles. The molecule has 0 bridgehead atoms. The minimum absolute atomic E-state index is 0.0393. The standard InChI is InChI=1S/C12H20N2O4/c1-12(2,3)18-11(16)14-5-4-13(10(15)7-14)6-9-8-17-9/h9H,4-8H2,1-3H3. The van der Waals surface area contributed by atoms with Crippen molar-refractivity contribution in [2.24, 2.45) is 0 Å². The predicted octanol–water partition coefficient (Wildman–Crippen LogP) is 0.464. The fraction of sp³-hybridized carbons (Fsp3) is 0.833. The zero-order valence-corrected chi connectivity index (χ0v) is 11.1. The largest absolute Gasteiger partial charge is 0.444 e. The molecule has 6 nitrogen and oxygen atoms in total. The van der Waals surface area contributed by atoms with Crippen LogP contribution >= 0.6 is 0 Å². The smallest absolute Gasteiger partial charge is 0.410 e. The molecule has 0 saturated carbocycles. The minimum atomic E-state index is -0.529. The van der Waals surface area contributed by atoms with E-state index in [2.05, 4.69) is 0 Å². The molecule has 2 amide bonds. The minimum Gasteiger partial charge on any atom is -0.444 e. The number of hydrogen-bond acceptors (Lipinski definition) is 4. The molecule has 0 aromatic rings. The van der Waals surface area contributed by atoms with Crippen LogP contribution < -0.4 is 0 Å². The molecule has 0 radical (unpaired) electrons. The monoisotopic (exact) mass is 256 g/mol. The van der Waals surface area contributed by atoms with Gasteiger partial charge in [-0.2, -0.15) is 0 Å². The first-order valence-corrected chi connectivity index (χ1v) is 6.22. The number of piperazine rings is 1. The number of amides is 2. The maximum Gasteiger partial charge on any atom is 0.410 e. The van der Waals surface area contributed by atoms with Crippen molar-refractivity contribution in [3.8, 4) is 0 Å². The van der Waals surface area contributed by atoms with Crippen LogP contribution in [0.25, 0.3) is 0 Å². The lowest BCUT2D eigenvalue weighted by Crippen LogP contribution is -2.53. The maximum atomic E-state index is 11.9. The van der Waals surface area contributed by atoms with Gasteiger partial charge in [-0.1, -0.05) is 0 Å². The Hall–Kier alpha value is -1.30. The zero-order valence-electron chi connectivity index (χ0n) is 11.1. The number of nitrogens with zero attached hydrogens (tertiary/aromatic N) is 2. The molecule has 2 rings (SSSR count). The van der Waals surface area contributed by atoms with Gasteiger partial charge in [-0.15, -0.1) is 0 Å². The van der Waals surface area contributed by atoms with Gasteiger partial charge in [0, 0.05) is 19.6 Å². The molecule has 0 spiro atoms. The Morgan fingerprint density at radius 3 is 2.61 bits per heavy atom. The van der Waals surface area contributed by atoms with Gasteiger partial charge in [0.2, 0.25) is 5.91 Å². The molecule has 1 atom stereocenters. The van der Waals surface area contributed by atoms with E-state index in [4.69, 9.17) is 9.47 Å². The molecule has 0 aromatic heterocycles. The highest BCUT2D eigenvalue weighted by atomic mass is 16.6. The average molecular weight is 256 g/mol. The van der Waals surface area contributed by atoms with E-state index in [0.717, 1.165) is 6.61 Å². The van der Waals surface area contributed by atoms with Crippen molar-refractivity contribution in [3.63, 3.8) is 0 Å². The summed E-state index contributed by atoms with van der Waals surface area (Å²) in [6.45, 7) is 7.99. The number of epoxide rings is 1. The van der Waals surface area contributed by atoms with Gasteiger partial charge in [-0.05, 0) is 20.8 Å². The summed E-state index contributed by atoms with van der Waals surface area (Å²) in [4.78, 5) is 26.9. The average Bonchev–Trinajstić information content (AvgIpc) is 3.02. The number of hydrogen-bond donors (Lipinski definition) is 0. The Balaban J connectivity index is 1.83. The van der Waals surface area contributed by atoms with Crippen LogP contribution in [0, 0.1) is 0 Å². The second kappa shape index (κ2) is 4.76. The van der Waals surface area contributed by atoms with E-state index in [0.29, 0.717) is 19.6 Å². The van der Waals surface area contributed by atoms with Crippen molar-refractivity contribution in [2.45, 2.75) is 32.5 Å². The number of carbonyl (C=O) groups excluding carboxylic acids is 2. The molecule has 0 aromatic carbocycles. The second-order valence-corrected chi connectivity index (χ2v) is 5.70. The second-order valence-electron chi connectivity index (χ2n) is 5.70. The number of rotatable bonds is 2. The summed E-state index contributed by atoms with van der Waals surface area (Å²) >= 11 is 0. The van der Waals surface area contributed by atoms with Crippen molar-refractivity contribution in [1.29, 1.82) is 0 Å². The summed E-state index contributed by atoms with van der Waals surface area (Å²) in [6, 6.07) is 0. The lowest BCUT2D eigenvalue weighted by atomic mass is 10.2. The molecule has 0 N–H and O–H groups in total. The van der Waals surface area contributed by atoms with E-state index in [1.807, 2.05) is 20.8 Å². The van der Waals surface area contributed by atoms with Gasteiger partial charge in [0.15, 0.2) is 0 Å². The first-order chi connectivity index (χ1) is 8.35. The van der Waals surface area contributed by atoms with Crippen molar-refractivity contribution in [3.05, 3.63) is 0 Å². The first-order valence-electron chi connectivity index (χ1n) is 6.22. The topological polar surface area (TPSA) is 62.4 Å². The van der Waals surface area contributed by atoms with Crippen molar-refractivity contribution in [1.82, 2.24) is 9.80 Å². The molecule has 6 heteroatoms. The maximum absolute atomic E-state index is 11.9. The fourth-order valence-corrected chi connectivity index (χ4v) is 1.80. The van der Waals surface area contributed by atoms with Crippen molar-refractivity contribution >= 4 is 12.0 Å². The molecule has 2 fully saturated rings. The summed E-state index contributed by atoms with van der Waals surface area (Å²) in [7, 11) is 0. The molecular weight excluding hydrogens is 236 g/mol. The van der Waals surface area contributed by atoms with E-state index in [1.54, 1.807) is 4.90 Å². The van der Waals surface area contributed by atoms with Crippen molar-refractivity contribution < 1.29 is 19.1 Å². The summed E-state index contributed by atoms with van der Waals surface area (Å²) in [5.41, 5.74) is -0.529. The van der Waals surface area contributed by atoms with E-state index in [1.165, 1.54) is 4.90 Å².